The highest BCUT2D eigenvalue weighted by Gasteiger charge is 2.44. The Bertz CT molecular complexity index is 924. The standard InChI is InChI=1S/C19H20N4O2/c1-13-16-11-14(21-18(24)19(25-2)9-6-10-19)12-20-17(16)23(22-13)15-7-4-3-5-8-15/h3-5,7-8,11-12H,6,9-10H2,1-2H3,(H,21,24). The van der Waals surface area contributed by atoms with Crippen molar-refractivity contribution in [1.82, 2.24) is 14.8 Å². The van der Waals surface area contributed by atoms with E-state index in [2.05, 4.69) is 15.4 Å². The number of nitrogens with one attached hydrogen (secondary N) is 1. The fraction of sp³-hybridized carbons (Fsp3) is 0.316. The number of pyridine rings is 1. The first-order valence-electron chi connectivity index (χ1n) is 8.40. The monoisotopic (exact) mass is 336 g/mol. The number of para-hydroxylation sites is 1. The number of hydrogen-bond acceptors (Lipinski definition) is 4. The van der Waals surface area contributed by atoms with Gasteiger partial charge in [0.1, 0.15) is 5.60 Å². The fourth-order valence-corrected chi connectivity index (χ4v) is 3.23. The van der Waals surface area contributed by atoms with E-state index in [9.17, 15) is 4.79 Å². The predicted octanol–water partition coefficient (Wildman–Crippen LogP) is 3.24. The molecule has 1 aromatic carbocycles. The summed E-state index contributed by atoms with van der Waals surface area (Å²) >= 11 is 0. The van der Waals surface area contributed by atoms with Gasteiger partial charge in [0, 0.05) is 12.5 Å². The highest BCUT2D eigenvalue weighted by atomic mass is 16.5. The molecular formula is C19H20N4O2. The van der Waals surface area contributed by atoms with Crippen LogP contribution in [0.1, 0.15) is 25.0 Å². The Hall–Kier alpha value is -2.73. The van der Waals surface area contributed by atoms with Crippen LogP contribution in [-0.2, 0) is 9.53 Å². The predicted molar refractivity (Wildman–Crippen MR) is 95.8 cm³/mol. The van der Waals surface area contributed by atoms with Gasteiger partial charge in [-0.15, -0.1) is 0 Å². The van der Waals surface area contributed by atoms with Gasteiger partial charge < -0.3 is 10.1 Å². The van der Waals surface area contributed by atoms with Gasteiger partial charge in [-0.05, 0) is 44.4 Å². The molecule has 2 aromatic heterocycles. The maximum absolute atomic E-state index is 12.5. The summed E-state index contributed by atoms with van der Waals surface area (Å²) in [4.78, 5) is 17.0. The molecule has 0 saturated heterocycles. The molecule has 128 valence electrons. The Morgan fingerprint density at radius 3 is 2.68 bits per heavy atom. The Kier molecular flexibility index (Phi) is 3.77. The molecule has 1 aliphatic rings. The number of carbonyl (C=O) groups excluding carboxylic acids is 1. The summed E-state index contributed by atoms with van der Waals surface area (Å²) in [7, 11) is 1.59. The largest absolute Gasteiger partial charge is 0.368 e. The summed E-state index contributed by atoms with van der Waals surface area (Å²) in [5.74, 6) is -0.101. The molecule has 4 rings (SSSR count). The van der Waals surface area contributed by atoms with E-state index in [0.717, 1.165) is 41.7 Å². The van der Waals surface area contributed by atoms with Gasteiger partial charge in [0.15, 0.2) is 5.65 Å². The van der Waals surface area contributed by atoms with Crippen LogP contribution < -0.4 is 5.32 Å². The van der Waals surface area contributed by atoms with Crippen molar-refractivity contribution in [2.24, 2.45) is 0 Å². The van der Waals surface area contributed by atoms with E-state index in [1.54, 1.807) is 13.3 Å². The summed E-state index contributed by atoms with van der Waals surface area (Å²) in [6.07, 6.45) is 4.20. The molecule has 1 N–H and O–H groups in total. The van der Waals surface area contributed by atoms with Gasteiger partial charge in [-0.25, -0.2) is 9.67 Å². The third kappa shape index (κ3) is 2.59. The molecule has 25 heavy (non-hydrogen) atoms. The average Bonchev–Trinajstić information content (AvgIpc) is 2.92. The Balaban J connectivity index is 1.67. The first kappa shape index (κ1) is 15.8. The zero-order valence-corrected chi connectivity index (χ0v) is 14.3. The van der Waals surface area contributed by atoms with Gasteiger partial charge in [0.25, 0.3) is 5.91 Å². The molecule has 0 unspecified atom stereocenters. The Labute approximate surface area is 145 Å². The number of ether oxygens (including phenoxy) is 1. The van der Waals surface area contributed by atoms with Crippen LogP contribution in [0.3, 0.4) is 0 Å². The number of anilines is 1. The highest BCUT2D eigenvalue weighted by Crippen LogP contribution is 2.36. The van der Waals surface area contributed by atoms with Crippen molar-refractivity contribution in [2.75, 3.05) is 12.4 Å². The molecule has 0 atom stereocenters. The third-order valence-corrected chi connectivity index (χ3v) is 4.93. The quantitative estimate of drug-likeness (QED) is 0.794. The normalized spacial score (nSPS) is 15.8. The van der Waals surface area contributed by atoms with E-state index < -0.39 is 5.60 Å². The lowest BCUT2D eigenvalue weighted by molar-refractivity contribution is -0.148. The average molecular weight is 336 g/mol. The summed E-state index contributed by atoms with van der Waals surface area (Å²) < 4.78 is 7.25. The Morgan fingerprint density at radius 1 is 1.28 bits per heavy atom. The molecule has 0 aliphatic heterocycles. The third-order valence-electron chi connectivity index (χ3n) is 4.93. The summed E-state index contributed by atoms with van der Waals surface area (Å²) in [5, 5.41) is 8.45. The van der Waals surface area contributed by atoms with Crippen LogP contribution >= 0.6 is 0 Å². The number of carbonyl (C=O) groups is 1. The number of fused-ring (bicyclic) bond motifs is 1. The number of nitrogens with zero attached hydrogens (tertiary/aromatic N) is 3. The summed E-state index contributed by atoms with van der Waals surface area (Å²) in [5.41, 5.74) is 2.58. The van der Waals surface area contributed by atoms with Gasteiger partial charge >= 0.3 is 0 Å². The van der Waals surface area contributed by atoms with Gasteiger partial charge in [0.05, 0.1) is 23.3 Å². The number of aryl methyl sites for hydroxylation is 1. The molecule has 2 heterocycles. The van der Waals surface area contributed by atoms with Crippen molar-refractivity contribution < 1.29 is 9.53 Å². The van der Waals surface area contributed by atoms with Crippen molar-refractivity contribution in [3.63, 3.8) is 0 Å². The van der Waals surface area contributed by atoms with Crippen LogP contribution in [0.2, 0.25) is 0 Å². The minimum atomic E-state index is -0.682. The van der Waals surface area contributed by atoms with Gasteiger partial charge in [-0.1, -0.05) is 18.2 Å². The molecule has 0 radical (unpaired) electrons. The fourth-order valence-electron chi connectivity index (χ4n) is 3.23. The highest BCUT2D eigenvalue weighted by molar-refractivity contribution is 5.99. The van der Waals surface area contributed by atoms with E-state index in [0.29, 0.717) is 5.69 Å². The molecule has 1 saturated carbocycles. The van der Waals surface area contributed by atoms with E-state index in [1.807, 2.05) is 48.0 Å². The van der Waals surface area contributed by atoms with E-state index >= 15 is 0 Å². The second-order valence-electron chi connectivity index (χ2n) is 6.43. The molecule has 3 aromatic rings. The molecule has 0 spiro atoms. The first-order valence-corrected chi connectivity index (χ1v) is 8.40. The molecule has 6 heteroatoms. The first-order chi connectivity index (χ1) is 12.1. The van der Waals surface area contributed by atoms with Gasteiger partial charge in [-0.3, -0.25) is 4.79 Å². The summed E-state index contributed by atoms with van der Waals surface area (Å²) in [6.45, 7) is 1.94. The summed E-state index contributed by atoms with van der Waals surface area (Å²) in [6, 6.07) is 11.8. The van der Waals surface area contributed by atoms with Gasteiger partial charge in [0.2, 0.25) is 0 Å². The zero-order valence-electron chi connectivity index (χ0n) is 14.3. The van der Waals surface area contributed by atoms with E-state index in [-0.39, 0.29) is 5.91 Å². The van der Waals surface area contributed by atoms with Crippen LogP contribution in [-0.4, -0.2) is 33.4 Å². The lowest BCUT2D eigenvalue weighted by atomic mass is 9.79. The van der Waals surface area contributed by atoms with Crippen LogP contribution in [0.15, 0.2) is 42.6 Å². The van der Waals surface area contributed by atoms with Crippen LogP contribution in [0.5, 0.6) is 0 Å². The molecule has 0 bridgehead atoms. The lowest BCUT2D eigenvalue weighted by Crippen LogP contribution is -2.50. The number of aromatic nitrogens is 3. The SMILES string of the molecule is COC1(C(=O)Nc2cnc3c(c2)c(C)nn3-c2ccccc2)CCC1. The van der Waals surface area contributed by atoms with Crippen LogP contribution in [0, 0.1) is 6.92 Å². The Morgan fingerprint density at radius 2 is 2.04 bits per heavy atom. The van der Waals surface area contributed by atoms with Crippen LogP contribution in [0.25, 0.3) is 16.7 Å². The zero-order chi connectivity index (χ0) is 17.4. The number of methoxy groups -OCH3 is 1. The minimum Gasteiger partial charge on any atom is -0.368 e. The number of benzene rings is 1. The second kappa shape index (κ2) is 5.97. The molecule has 1 amide bonds. The van der Waals surface area contributed by atoms with Gasteiger partial charge in [-0.2, -0.15) is 5.10 Å². The molecule has 1 aliphatic carbocycles. The van der Waals surface area contributed by atoms with E-state index in [1.165, 1.54) is 0 Å². The maximum Gasteiger partial charge on any atom is 0.256 e. The van der Waals surface area contributed by atoms with Crippen molar-refractivity contribution in [1.29, 1.82) is 0 Å². The minimum absolute atomic E-state index is 0.101. The number of amides is 1. The van der Waals surface area contributed by atoms with E-state index in [4.69, 9.17) is 4.74 Å². The smallest absolute Gasteiger partial charge is 0.256 e. The van der Waals surface area contributed by atoms with Crippen molar-refractivity contribution in [3.05, 3.63) is 48.3 Å². The van der Waals surface area contributed by atoms with Crippen molar-refractivity contribution >= 4 is 22.6 Å². The molecule has 6 nitrogen and oxygen atoms in total. The molecular weight excluding hydrogens is 316 g/mol. The molecule has 1 fully saturated rings. The second-order valence-corrected chi connectivity index (χ2v) is 6.43. The number of rotatable bonds is 4. The lowest BCUT2D eigenvalue weighted by Gasteiger charge is -2.38. The van der Waals surface area contributed by atoms with Crippen molar-refractivity contribution in [3.8, 4) is 5.69 Å². The van der Waals surface area contributed by atoms with Crippen LogP contribution in [0.4, 0.5) is 5.69 Å². The topological polar surface area (TPSA) is 69.0 Å². The van der Waals surface area contributed by atoms with Crippen molar-refractivity contribution in [2.45, 2.75) is 31.8 Å². The number of hydrogen-bond donors (Lipinski definition) is 1. The maximum atomic E-state index is 12.5.